The number of hydrogen-bond donors (Lipinski definition) is 1. The van der Waals surface area contributed by atoms with Crippen molar-refractivity contribution >= 4 is 11.8 Å². The fourth-order valence-corrected chi connectivity index (χ4v) is 2.92. The van der Waals surface area contributed by atoms with Crippen molar-refractivity contribution in [1.29, 1.82) is 0 Å². The van der Waals surface area contributed by atoms with Gasteiger partial charge in [-0.2, -0.15) is 0 Å². The van der Waals surface area contributed by atoms with Gasteiger partial charge in [0.1, 0.15) is 11.6 Å². The number of hydrogen-bond acceptors (Lipinski definition) is 3. The van der Waals surface area contributed by atoms with Crippen LogP contribution < -0.4 is 5.73 Å². The van der Waals surface area contributed by atoms with E-state index in [-0.39, 0.29) is 11.9 Å². The van der Waals surface area contributed by atoms with Crippen LogP contribution in [0.25, 0.3) is 0 Å². The van der Waals surface area contributed by atoms with Gasteiger partial charge in [0.2, 0.25) is 0 Å². The molecule has 2 rings (SSSR count). The van der Waals surface area contributed by atoms with Crippen LogP contribution in [0.3, 0.4) is 0 Å². The average molecular weight is 293 g/mol. The number of imidazole rings is 1. The number of aryl methyl sites for hydroxylation is 1. The predicted octanol–water partition coefficient (Wildman–Crippen LogP) is 3.09. The quantitative estimate of drug-likeness (QED) is 0.798. The molecule has 0 radical (unpaired) electrons. The second-order valence-electron chi connectivity index (χ2n) is 4.74. The molecule has 108 valence electrons. The highest BCUT2D eigenvalue weighted by atomic mass is 32.2. The highest BCUT2D eigenvalue weighted by Gasteiger charge is 2.10. The monoisotopic (exact) mass is 293 g/mol. The lowest BCUT2D eigenvalue weighted by atomic mass is 10.2. The molecule has 1 unspecified atom stereocenters. The molecule has 20 heavy (non-hydrogen) atoms. The topological polar surface area (TPSA) is 43.8 Å². The number of halogens is 1. The molecule has 0 bridgehead atoms. The molecular weight excluding hydrogens is 273 g/mol. The van der Waals surface area contributed by atoms with Crippen molar-refractivity contribution in [3.63, 3.8) is 0 Å². The van der Waals surface area contributed by atoms with Gasteiger partial charge in [-0.05, 0) is 18.6 Å². The second kappa shape index (κ2) is 7.45. The first-order valence-electron chi connectivity index (χ1n) is 6.83. The first-order chi connectivity index (χ1) is 9.70. The molecule has 0 saturated heterocycles. The molecule has 1 heterocycles. The van der Waals surface area contributed by atoms with Gasteiger partial charge in [0, 0.05) is 42.0 Å². The van der Waals surface area contributed by atoms with Crippen LogP contribution in [0, 0.1) is 5.82 Å². The number of benzene rings is 1. The normalized spacial score (nSPS) is 12.6. The predicted molar refractivity (Wildman–Crippen MR) is 81.3 cm³/mol. The van der Waals surface area contributed by atoms with Crippen LogP contribution in [0.1, 0.15) is 19.2 Å². The van der Waals surface area contributed by atoms with Crippen LogP contribution in [0.2, 0.25) is 0 Å². The molecule has 0 aliphatic rings. The maximum atomic E-state index is 13.5. The van der Waals surface area contributed by atoms with Gasteiger partial charge in [-0.3, -0.25) is 0 Å². The van der Waals surface area contributed by atoms with E-state index >= 15 is 0 Å². The van der Waals surface area contributed by atoms with Crippen molar-refractivity contribution in [3.05, 3.63) is 48.3 Å². The smallest absolute Gasteiger partial charge is 0.136 e. The van der Waals surface area contributed by atoms with Gasteiger partial charge in [0.25, 0.3) is 0 Å². The Balaban J connectivity index is 1.88. The lowest BCUT2D eigenvalue weighted by Gasteiger charge is -2.12. The zero-order chi connectivity index (χ0) is 14.4. The summed E-state index contributed by atoms with van der Waals surface area (Å²) in [6.45, 7) is 3.10. The van der Waals surface area contributed by atoms with Crippen molar-refractivity contribution in [1.82, 2.24) is 9.55 Å². The summed E-state index contributed by atoms with van der Waals surface area (Å²) in [5, 5.41) is 0. The summed E-state index contributed by atoms with van der Waals surface area (Å²) in [7, 11) is 0. The molecule has 0 saturated carbocycles. The van der Waals surface area contributed by atoms with Crippen molar-refractivity contribution in [2.45, 2.75) is 37.2 Å². The summed E-state index contributed by atoms with van der Waals surface area (Å²) >= 11 is 1.46. The van der Waals surface area contributed by atoms with E-state index in [0.29, 0.717) is 17.1 Å². The SMILES string of the molecule is CCCn1ccnc1CC(N)CSc1ccccc1F. The molecule has 2 aromatic rings. The van der Waals surface area contributed by atoms with E-state index in [1.165, 1.54) is 17.8 Å². The van der Waals surface area contributed by atoms with Crippen LogP contribution >= 0.6 is 11.8 Å². The van der Waals surface area contributed by atoms with E-state index in [4.69, 9.17) is 5.73 Å². The second-order valence-corrected chi connectivity index (χ2v) is 5.80. The largest absolute Gasteiger partial charge is 0.335 e. The summed E-state index contributed by atoms with van der Waals surface area (Å²) in [6, 6.07) is 6.76. The lowest BCUT2D eigenvalue weighted by Crippen LogP contribution is -2.27. The molecular formula is C15H20FN3S. The standard InChI is InChI=1S/C15H20FN3S/c1-2-8-19-9-7-18-15(19)10-12(17)11-20-14-6-4-3-5-13(14)16/h3-7,9,12H,2,8,10-11,17H2,1H3. The zero-order valence-corrected chi connectivity index (χ0v) is 12.4. The van der Waals surface area contributed by atoms with Gasteiger partial charge in [0.15, 0.2) is 0 Å². The summed E-state index contributed by atoms with van der Waals surface area (Å²) in [5.41, 5.74) is 6.13. The summed E-state index contributed by atoms with van der Waals surface area (Å²) in [4.78, 5) is 5.00. The molecule has 1 atom stereocenters. The van der Waals surface area contributed by atoms with Crippen LogP contribution in [0.5, 0.6) is 0 Å². The van der Waals surface area contributed by atoms with Crippen molar-refractivity contribution in [2.75, 3.05) is 5.75 Å². The van der Waals surface area contributed by atoms with E-state index in [1.54, 1.807) is 12.1 Å². The Kier molecular flexibility index (Phi) is 5.61. The van der Waals surface area contributed by atoms with E-state index in [2.05, 4.69) is 16.5 Å². The Labute approximate surface area is 123 Å². The molecule has 0 amide bonds. The maximum absolute atomic E-state index is 13.5. The number of rotatable bonds is 7. The summed E-state index contributed by atoms with van der Waals surface area (Å²) < 4.78 is 15.6. The number of nitrogens with zero attached hydrogens (tertiary/aromatic N) is 2. The van der Waals surface area contributed by atoms with Crippen LogP contribution in [0.15, 0.2) is 41.6 Å². The Hall–Kier alpha value is -1.33. The van der Waals surface area contributed by atoms with Crippen molar-refractivity contribution < 1.29 is 4.39 Å². The molecule has 0 fully saturated rings. The first-order valence-corrected chi connectivity index (χ1v) is 7.82. The third-order valence-corrected chi connectivity index (χ3v) is 4.24. The molecule has 5 heteroatoms. The van der Waals surface area contributed by atoms with E-state index in [0.717, 1.165) is 18.8 Å². The molecule has 2 N–H and O–H groups in total. The van der Waals surface area contributed by atoms with Gasteiger partial charge >= 0.3 is 0 Å². The first kappa shape index (κ1) is 15.1. The third kappa shape index (κ3) is 4.08. The van der Waals surface area contributed by atoms with Crippen molar-refractivity contribution in [3.8, 4) is 0 Å². The number of thioether (sulfide) groups is 1. The van der Waals surface area contributed by atoms with Gasteiger partial charge in [-0.25, -0.2) is 9.37 Å². The Morgan fingerprint density at radius 1 is 1.40 bits per heavy atom. The fourth-order valence-electron chi connectivity index (χ4n) is 2.03. The molecule has 0 aliphatic heterocycles. The fraction of sp³-hybridized carbons (Fsp3) is 0.400. The van der Waals surface area contributed by atoms with Gasteiger partial charge in [-0.1, -0.05) is 19.1 Å². The highest BCUT2D eigenvalue weighted by molar-refractivity contribution is 7.99. The Bertz CT molecular complexity index is 541. The van der Waals surface area contributed by atoms with E-state index in [9.17, 15) is 4.39 Å². The van der Waals surface area contributed by atoms with Crippen LogP contribution in [-0.2, 0) is 13.0 Å². The minimum atomic E-state index is -0.183. The maximum Gasteiger partial charge on any atom is 0.136 e. The van der Waals surface area contributed by atoms with Gasteiger partial charge in [-0.15, -0.1) is 11.8 Å². The molecule has 3 nitrogen and oxygen atoms in total. The van der Waals surface area contributed by atoms with Crippen LogP contribution in [-0.4, -0.2) is 21.3 Å². The molecule has 0 spiro atoms. The average Bonchev–Trinajstić information content (AvgIpc) is 2.86. The third-order valence-electron chi connectivity index (χ3n) is 3.00. The minimum absolute atomic E-state index is 0.0300. The Morgan fingerprint density at radius 2 is 2.20 bits per heavy atom. The molecule has 1 aromatic heterocycles. The minimum Gasteiger partial charge on any atom is -0.335 e. The molecule has 0 aliphatic carbocycles. The number of aromatic nitrogens is 2. The van der Waals surface area contributed by atoms with E-state index < -0.39 is 0 Å². The summed E-state index contributed by atoms with van der Waals surface area (Å²) in [5.74, 6) is 1.51. The molecule has 1 aromatic carbocycles. The van der Waals surface area contributed by atoms with Gasteiger partial charge in [0.05, 0.1) is 0 Å². The summed E-state index contributed by atoms with van der Waals surface area (Å²) in [6.07, 6.45) is 5.58. The zero-order valence-electron chi connectivity index (χ0n) is 11.6. The van der Waals surface area contributed by atoms with Gasteiger partial charge < -0.3 is 10.3 Å². The Morgan fingerprint density at radius 3 is 2.95 bits per heavy atom. The lowest BCUT2D eigenvalue weighted by molar-refractivity contribution is 0.599. The van der Waals surface area contributed by atoms with Crippen LogP contribution in [0.4, 0.5) is 4.39 Å². The van der Waals surface area contributed by atoms with Crippen molar-refractivity contribution in [2.24, 2.45) is 5.73 Å². The van der Waals surface area contributed by atoms with E-state index in [1.807, 2.05) is 18.5 Å². The highest BCUT2D eigenvalue weighted by Crippen LogP contribution is 2.22. The number of nitrogens with two attached hydrogens (primary N) is 1.